The van der Waals surface area contributed by atoms with E-state index in [0.29, 0.717) is 59.4 Å². The van der Waals surface area contributed by atoms with Gasteiger partial charge in [0, 0.05) is 42.5 Å². The number of carbonyl (C=O) groups is 1. The molecule has 1 aliphatic heterocycles. The van der Waals surface area contributed by atoms with Crippen molar-refractivity contribution >= 4 is 46.1 Å². The Bertz CT molecular complexity index is 1340. The van der Waals surface area contributed by atoms with Crippen molar-refractivity contribution in [1.82, 2.24) is 19.9 Å². The average Bonchev–Trinajstić information content (AvgIpc) is 2.85. The Balaban J connectivity index is 1.35. The van der Waals surface area contributed by atoms with Gasteiger partial charge >= 0.3 is 6.03 Å². The molecule has 1 saturated heterocycles. The largest absolute Gasteiger partial charge is 0.368 e. The standard InChI is InChI=1S/C24H21ClFN7O/c25-16-3-7-18(8-4-16)28-24(34)33-13-11-32(12-14-33)22-21-20(30-23(27)31-22)10-9-19(29-21)15-1-5-17(26)6-2-15/h1-10H,11-14H2,(H,28,34)(H2,27,30,31). The number of nitrogens with one attached hydrogen (secondary N) is 1. The topological polar surface area (TPSA) is 100 Å². The Labute approximate surface area is 200 Å². The van der Waals surface area contributed by atoms with Crippen molar-refractivity contribution in [3.05, 3.63) is 71.5 Å². The van der Waals surface area contributed by atoms with E-state index in [1.807, 2.05) is 17.0 Å². The fourth-order valence-corrected chi connectivity index (χ4v) is 4.00. The third-order valence-electron chi connectivity index (χ3n) is 5.64. The number of hydrogen-bond donors (Lipinski definition) is 2. The molecule has 0 saturated carbocycles. The van der Waals surface area contributed by atoms with Gasteiger partial charge in [0.05, 0.1) is 11.2 Å². The SMILES string of the molecule is Nc1nc(N2CCN(C(=O)Nc3ccc(Cl)cc3)CC2)c2nc(-c3ccc(F)cc3)ccc2n1. The molecule has 0 spiro atoms. The van der Waals surface area contributed by atoms with Gasteiger partial charge in [0.25, 0.3) is 0 Å². The molecule has 172 valence electrons. The Morgan fingerprint density at radius 2 is 1.62 bits per heavy atom. The number of rotatable bonds is 3. The monoisotopic (exact) mass is 477 g/mol. The molecular formula is C24H21ClFN7O. The molecule has 34 heavy (non-hydrogen) atoms. The molecule has 1 fully saturated rings. The Kier molecular flexibility index (Phi) is 5.85. The zero-order valence-corrected chi connectivity index (χ0v) is 18.8. The van der Waals surface area contributed by atoms with Crippen LogP contribution in [0, 0.1) is 5.82 Å². The van der Waals surface area contributed by atoms with Crippen LogP contribution in [-0.2, 0) is 0 Å². The van der Waals surface area contributed by atoms with Gasteiger partial charge in [-0.15, -0.1) is 0 Å². The lowest BCUT2D eigenvalue weighted by atomic mass is 10.1. The molecule has 0 bridgehead atoms. The number of fused-ring (bicyclic) bond motifs is 1. The highest BCUT2D eigenvalue weighted by Gasteiger charge is 2.24. The van der Waals surface area contributed by atoms with Gasteiger partial charge in [-0.2, -0.15) is 4.98 Å². The van der Waals surface area contributed by atoms with Gasteiger partial charge in [0.2, 0.25) is 5.95 Å². The summed E-state index contributed by atoms with van der Waals surface area (Å²) < 4.78 is 13.3. The molecular weight excluding hydrogens is 457 g/mol. The van der Waals surface area contributed by atoms with Crippen LogP contribution in [0.2, 0.25) is 5.02 Å². The zero-order chi connectivity index (χ0) is 23.7. The highest BCUT2D eigenvalue weighted by atomic mass is 35.5. The highest BCUT2D eigenvalue weighted by Crippen LogP contribution is 2.28. The Hall–Kier alpha value is -3.98. The van der Waals surface area contributed by atoms with Crippen molar-refractivity contribution in [1.29, 1.82) is 0 Å². The van der Waals surface area contributed by atoms with E-state index in [9.17, 15) is 9.18 Å². The minimum absolute atomic E-state index is 0.154. The molecule has 3 heterocycles. The predicted molar refractivity (Wildman–Crippen MR) is 131 cm³/mol. The molecule has 0 radical (unpaired) electrons. The minimum atomic E-state index is -0.306. The van der Waals surface area contributed by atoms with Gasteiger partial charge in [0.1, 0.15) is 11.3 Å². The van der Waals surface area contributed by atoms with Crippen molar-refractivity contribution in [2.24, 2.45) is 0 Å². The number of piperazine rings is 1. The number of amides is 2. The molecule has 2 aromatic carbocycles. The summed E-state index contributed by atoms with van der Waals surface area (Å²) in [7, 11) is 0. The normalized spacial score (nSPS) is 13.8. The molecule has 3 N–H and O–H groups in total. The van der Waals surface area contributed by atoms with E-state index < -0.39 is 0 Å². The number of benzene rings is 2. The maximum atomic E-state index is 13.3. The van der Waals surface area contributed by atoms with Gasteiger partial charge < -0.3 is 20.9 Å². The zero-order valence-electron chi connectivity index (χ0n) is 18.1. The van der Waals surface area contributed by atoms with Crippen LogP contribution in [0.4, 0.5) is 26.6 Å². The van der Waals surface area contributed by atoms with Gasteiger partial charge in [-0.3, -0.25) is 0 Å². The number of nitrogens with two attached hydrogens (primary N) is 1. The lowest BCUT2D eigenvalue weighted by Gasteiger charge is -2.35. The van der Waals surface area contributed by atoms with E-state index in [1.54, 1.807) is 41.3 Å². The summed E-state index contributed by atoms with van der Waals surface area (Å²) in [4.78, 5) is 30.0. The Morgan fingerprint density at radius 1 is 0.912 bits per heavy atom. The number of pyridine rings is 1. The average molecular weight is 478 g/mol. The number of halogens is 2. The van der Waals surface area contributed by atoms with Crippen LogP contribution in [0.25, 0.3) is 22.3 Å². The fourth-order valence-electron chi connectivity index (χ4n) is 3.88. The van der Waals surface area contributed by atoms with Crippen molar-refractivity contribution in [3.63, 3.8) is 0 Å². The maximum absolute atomic E-state index is 13.3. The second-order valence-electron chi connectivity index (χ2n) is 7.89. The molecule has 0 atom stereocenters. The van der Waals surface area contributed by atoms with Crippen LogP contribution < -0.4 is 16.0 Å². The van der Waals surface area contributed by atoms with E-state index in [0.717, 1.165) is 5.56 Å². The maximum Gasteiger partial charge on any atom is 0.321 e. The van der Waals surface area contributed by atoms with Crippen LogP contribution in [0.1, 0.15) is 0 Å². The Morgan fingerprint density at radius 3 is 2.32 bits per heavy atom. The molecule has 4 aromatic rings. The first kappa shape index (κ1) is 21.8. The summed E-state index contributed by atoms with van der Waals surface area (Å²) in [6.45, 7) is 2.12. The van der Waals surface area contributed by atoms with Crippen LogP contribution in [0.5, 0.6) is 0 Å². The fraction of sp³-hybridized carbons (Fsp3) is 0.167. The molecule has 8 nitrogen and oxygen atoms in total. The molecule has 1 aliphatic rings. The summed E-state index contributed by atoms with van der Waals surface area (Å²) in [6.07, 6.45) is 0. The number of aromatic nitrogens is 3. The van der Waals surface area contributed by atoms with Crippen molar-refractivity contribution < 1.29 is 9.18 Å². The quantitative estimate of drug-likeness (QED) is 0.453. The minimum Gasteiger partial charge on any atom is -0.368 e. The van der Waals surface area contributed by atoms with E-state index in [4.69, 9.17) is 22.3 Å². The first-order chi connectivity index (χ1) is 16.5. The van der Waals surface area contributed by atoms with Crippen LogP contribution in [0.3, 0.4) is 0 Å². The van der Waals surface area contributed by atoms with Crippen LogP contribution in [-0.4, -0.2) is 52.1 Å². The summed E-state index contributed by atoms with van der Waals surface area (Å²) in [6, 6.07) is 16.6. The summed E-state index contributed by atoms with van der Waals surface area (Å²) >= 11 is 5.91. The third-order valence-corrected chi connectivity index (χ3v) is 5.90. The van der Waals surface area contributed by atoms with Crippen LogP contribution in [0.15, 0.2) is 60.7 Å². The number of hydrogen-bond acceptors (Lipinski definition) is 6. The molecule has 0 aliphatic carbocycles. The van der Waals surface area contributed by atoms with E-state index >= 15 is 0 Å². The highest BCUT2D eigenvalue weighted by molar-refractivity contribution is 6.30. The lowest BCUT2D eigenvalue weighted by molar-refractivity contribution is 0.208. The van der Waals surface area contributed by atoms with E-state index in [-0.39, 0.29) is 17.8 Å². The molecule has 10 heteroatoms. The molecule has 2 amide bonds. The van der Waals surface area contributed by atoms with Crippen molar-refractivity contribution in [3.8, 4) is 11.3 Å². The van der Waals surface area contributed by atoms with Crippen molar-refractivity contribution in [2.75, 3.05) is 42.1 Å². The first-order valence-corrected chi connectivity index (χ1v) is 11.1. The smallest absolute Gasteiger partial charge is 0.321 e. The van der Waals surface area contributed by atoms with Crippen molar-refractivity contribution in [2.45, 2.75) is 0 Å². The second kappa shape index (κ2) is 9.11. The van der Waals surface area contributed by atoms with Crippen LogP contribution >= 0.6 is 11.6 Å². The number of urea groups is 1. The number of anilines is 3. The van der Waals surface area contributed by atoms with E-state index in [1.165, 1.54) is 12.1 Å². The molecule has 2 aromatic heterocycles. The van der Waals surface area contributed by atoms with Gasteiger partial charge in [0.15, 0.2) is 5.82 Å². The first-order valence-electron chi connectivity index (χ1n) is 10.7. The summed E-state index contributed by atoms with van der Waals surface area (Å²) in [5, 5.41) is 3.50. The van der Waals surface area contributed by atoms with Gasteiger partial charge in [-0.1, -0.05) is 11.6 Å². The molecule has 5 rings (SSSR count). The lowest BCUT2D eigenvalue weighted by Crippen LogP contribution is -2.50. The van der Waals surface area contributed by atoms with E-state index in [2.05, 4.69) is 15.3 Å². The number of nitrogens with zero attached hydrogens (tertiary/aromatic N) is 5. The molecule has 0 unspecified atom stereocenters. The predicted octanol–water partition coefficient (Wildman–Crippen LogP) is 4.42. The van der Waals surface area contributed by atoms with Gasteiger partial charge in [-0.25, -0.2) is 19.2 Å². The number of nitrogen functional groups attached to an aromatic ring is 1. The summed E-state index contributed by atoms with van der Waals surface area (Å²) in [5.74, 6) is 0.463. The number of carbonyl (C=O) groups excluding carboxylic acids is 1. The van der Waals surface area contributed by atoms with Gasteiger partial charge in [-0.05, 0) is 60.7 Å². The summed E-state index contributed by atoms with van der Waals surface area (Å²) in [5.41, 5.74) is 9.35. The third kappa shape index (κ3) is 4.55. The second-order valence-corrected chi connectivity index (χ2v) is 8.32.